The van der Waals surface area contributed by atoms with E-state index in [1.807, 2.05) is 0 Å². The molecule has 0 rings (SSSR count). The number of alkyl halides is 1. The van der Waals surface area contributed by atoms with Gasteiger partial charge in [-0.2, -0.15) is 0 Å². The molecule has 0 aromatic heterocycles. The van der Waals surface area contributed by atoms with Crippen LogP contribution in [0.4, 0.5) is 0 Å². The van der Waals surface area contributed by atoms with E-state index < -0.39 is 22.7 Å². The number of carbonyl (C=O) groups excluding carboxylic acids is 1. The van der Waals surface area contributed by atoms with Crippen LogP contribution in [0.1, 0.15) is 6.42 Å². The molecule has 1 unspecified atom stereocenters. The molecular weight excluding hydrogens is 216 g/mol. The Kier molecular flexibility index (Phi) is 4.06. The number of hydrogen-bond acceptors (Lipinski definition) is 3. The van der Waals surface area contributed by atoms with Gasteiger partial charge in [0.1, 0.15) is 6.04 Å². The second-order valence-corrected chi connectivity index (χ2v) is 3.23. The van der Waals surface area contributed by atoms with E-state index in [1.165, 1.54) is 0 Å². The molecule has 1 amide bonds. The van der Waals surface area contributed by atoms with Crippen LogP contribution in [0.25, 0.3) is 0 Å². The number of rotatable bonds is 4. The number of primary amides is 1. The molecule has 0 aromatic rings. The minimum Gasteiger partial charge on any atom is -0.480 e. The van der Waals surface area contributed by atoms with Gasteiger partial charge in [0.15, 0.2) is 0 Å². The third kappa shape index (κ3) is 3.94. The summed E-state index contributed by atoms with van der Waals surface area (Å²) in [6.45, 7) is 0. The van der Waals surface area contributed by atoms with Gasteiger partial charge in [0.05, 0.1) is 0 Å². The predicted molar refractivity (Wildman–Crippen MR) is 42.1 cm³/mol. The fourth-order valence-corrected chi connectivity index (χ4v) is 1.02. The lowest BCUT2D eigenvalue weighted by Gasteiger charge is -2.11. The number of nitrogens with two attached hydrogens (primary N) is 2. The standard InChI is InChI=1S/C5H9BrN2O3/c6-2(1-3(7)9)4(8)5(10)11/h2,4H,1,8H2,(H2,7,9)(H,10,11)/t2?,4-/m0/s1. The minimum atomic E-state index is -1.16. The predicted octanol–water partition coefficient (Wildman–Crippen LogP) is -0.963. The van der Waals surface area contributed by atoms with Crippen LogP contribution in [-0.4, -0.2) is 27.9 Å². The number of amides is 1. The zero-order chi connectivity index (χ0) is 9.02. The Hall–Kier alpha value is -0.620. The van der Waals surface area contributed by atoms with E-state index >= 15 is 0 Å². The van der Waals surface area contributed by atoms with Crippen molar-refractivity contribution in [2.75, 3.05) is 0 Å². The van der Waals surface area contributed by atoms with Crippen molar-refractivity contribution < 1.29 is 14.7 Å². The molecule has 2 atom stereocenters. The first kappa shape index (κ1) is 10.4. The Bertz CT molecular complexity index is 173. The van der Waals surface area contributed by atoms with Crippen LogP contribution in [0.2, 0.25) is 0 Å². The topological polar surface area (TPSA) is 106 Å². The molecule has 0 bridgehead atoms. The second-order valence-electron chi connectivity index (χ2n) is 2.05. The maximum atomic E-state index is 10.3. The van der Waals surface area contributed by atoms with E-state index in [4.69, 9.17) is 16.6 Å². The maximum absolute atomic E-state index is 10.3. The van der Waals surface area contributed by atoms with E-state index in [1.54, 1.807) is 0 Å². The SMILES string of the molecule is NC(=O)CC(Br)[C@H](N)C(=O)O. The van der Waals surface area contributed by atoms with E-state index in [-0.39, 0.29) is 6.42 Å². The fourth-order valence-electron chi connectivity index (χ4n) is 0.474. The Balaban J connectivity index is 3.92. The highest BCUT2D eigenvalue weighted by molar-refractivity contribution is 9.09. The molecule has 0 radical (unpaired) electrons. The maximum Gasteiger partial charge on any atom is 0.321 e. The Morgan fingerprint density at radius 2 is 2.00 bits per heavy atom. The minimum absolute atomic E-state index is 0.0759. The van der Waals surface area contributed by atoms with Crippen molar-refractivity contribution in [3.05, 3.63) is 0 Å². The van der Waals surface area contributed by atoms with E-state index in [0.717, 1.165) is 0 Å². The van der Waals surface area contributed by atoms with Gasteiger partial charge in [-0.05, 0) is 0 Å². The van der Waals surface area contributed by atoms with Crippen molar-refractivity contribution in [1.82, 2.24) is 0 Å². The highest BCUT2D eigenvalue weighted by Crippen LogP contribution is 2.08. The van der Waals surface area contributed by atoms with Crippen molar-refractivity contribution in [2.45, 2.75) is 17.3 Å². The molecule has 64 valence electrons. The van der Waals surface area contributed by atoms with Crippen LogP contribution in [-0.2, 0) is 9.59 Å². The normalized spacial score (nSPS) is 15.5. The van der Waals surface area contributed by atoms with Gasteiger partial charge in [-0.25, -0.2) is 0 Å². The summed E-state index contributed by atoms with van der Waals surface area (Å²) in [6, 6.07) is -1.09. The summed E-state index contributed by atoms with van der Waals surface area (Å²) >= 11 is 2.94. The van der Waals surface area contributed by atoms with E-state index in [9.17, 15) is 9.59 Å². The molecule has 0 heterocycles. The van der Waals surface area contributed by atoms with Crippen molar-refractivity contribution in [2.24, 2.45) is 11.5 Å². The van der Waals surface area contributed by atoms with Gasteiger partial charge >= 0.3 is 5.97 Å². The molecule has 0 aliphatic carbocycles. The molecule has 5 nitrogen and oxygen atoms in total. The average molecular weight is 225 g/mol. The van der Waals surface area contributed by atoms with Crippen LogP contribution in [0.5, 0.6) is 0 Å². The Morgan fingerprint density at radius 1 is 1.55 bits per heavy atom. The lowest BCUT2D eigenvalue weighted by Crippen LogP contribution is -2.40. The molecule has 0 aliphatic heterocycles. The van der Waals surface area contributed by atoms with Gasteiger partial charge in [0.2, 0.25) is 5.91 Å². The van der Waals surface area contributed by atoms with Gasteiger partial charge < -0.3 is 16.6 Å². The largest absolute Gasteiger partial charge is 0.480 e. The van der Waals surface area contributed by atoms with Crippen molar-refractivity contribution in [3.63, 3.8) is 0 Å². The first-order valence-corrected chi connectivity index (χ1v) is 3.77. The molecule has 0 saturated heterocycles. The molecule has 0 aromatic carbocycles. The molecule has 11 heavy (non-hydrogen) atoms. The third-order valence-corrected chi connectivity index (χ3v) is 1.96. The summed E-state index contributed by atoms with van der Waals surface area (Å²) in [7, 11) is 0. The van der Waals surface area contributed by atoms with Crippen molar-refractivity contribution >= 4 is 27.8 Å². The average Bonchev–Trinajstić information content (AvgIpc) is 1.84. The molecule has 0 saturated carbocycles. The smallest absolute Gasteiger partial charge is 0.321 e. The van der Waals surface area contributed by atoms with Gasteiger partial charge in [-0.15, -0.1) is 0 Å². The number of carbonyl (C=O) groups is 2. The summed E-state index contributed by atoms with van der Waals surface area (Å²) in [5.74, 6) is -1.74. The van der Waals surface area contributed by atoms with Crippen LogP contribution >= 0.6 is 15.9 Å². The first-order chi connectivity index (χ1) is 4.95. The lowest BCUT2D eigenvalue weighted by molar-refractivity contribution is -0.138. The van der Waals surface area contributed by atoms with Crippen LogP contribution in [0.3, 0.4) is 0 Å². The molecule has 6 heteroatoms. The molecule has 0 aliphatic rings. The number of carboxylic acid groups (broad SMARTS) is 1. The number of aliphatic carboxylic acids is 1. The highest BCUT2D eigenvalue weighted by atomic mass is 79.9. The monoisotopic (exact) mass is 224 g/mol. The van der Waals surface area contributed by atoms with Gasteiger partial charge in [0, 0.05) is 11.2 Å². The van der Waals surface area contributed by atoms with Crippen molar-refractivity contribution in [3.8, 4) is 0 Å². The van der Waals surface area contributed by atoms with E-state index in [2.05, 4.69) is 15.9 Å². The highest BCUT2D eigenvalue weighted by Gasteiger charge is 2.22. The van der Waals surface area contributed by atoms with Crippen LogP contribution in [0.15, 0.2) is 0 Å². The summed E-state index contributed by atoms with van der Waals surface area (Å²) < 4.78 is 0. The summed E-state index contributed by atoms with van der Waals surface area (Å²) in [4.78, 5) is 19.9. The molecule has 5 N–H and O–H groups in total. The third-order valence-electron chi connectivity index (χ3n) is 1.07. The number of halogens is 1. The summed E-state index contributed by atoms with van der Waals surface area (Å²) in [5.41, 5.74) is 9.97. The Morgan fingerprint density at radius 3 is 2.27 bits per heavy atom. The molecule has 0 fully saturated rings. The number of hydrogen-bond donors (Lipinski definition) is 3. The summed E-state index contributed by atoms with van der Waals surface area (Å²) in [6.07, 6.45) is -0.0759. The Labute approximate surface area is 71.9 Å². The van der Waals surface area contributed by atoms with Gasteiger partial charge in [-0.1, -0.05) is 15.9 Å². The number of carboxylic acids is 1. The second kappa shape index (κ2) is 4.30. The molecule has 0 spiro atoms. The van der Waals surface area contributed by atoms with Crippen LogP contribution < -0.4 is 11.5 Å². The summed E-state index contributed by atoms with van der Waals surface area (Å²) in [5, 5.41) is 8.36. The van der Waals surface area contributed by atoms with E-state index in [0.29, 0.717) is 0 Å². The lowest BCUT2D eigenvalue weighted by atomic mass is 10.1. The first-order valence-electron chi connectivity index (χ1n) is 2.86. The van der Waals surface area contributed by atoms with Gasteiger partial charge in [0.25, 0.3) is 0 Å². The fraction of sp³-hybridized carbons (Fsp3) is 0.600. The van der Waals surface area contributed by atoms with Crippen LogP contribution in [0, 0.1) is 0 Å². The van der Waals surface area contributed by atoms with Crippen molar-refractivity contribution in [1.29, 1.82) is 0 Å². The molecular formula is C5H9BrN2O3. The zero-order valence-electron chi connectivity index (χ0n) is 5.66. The quantitative estimate of drug-likeness (QED) is 0.535. The zero-order valence-corrected chi connectivity index (χ0v) is 7.24. The van der Waals surface area contributed by atoms with Gasteiger partial charge in [-0.3, -0.25) is 9.59 Å².